The second-order valence-corrected chi connectivity index (χ2v) is 11.5. The summed E-state index contributed by atoms with van der Waals surface area (Å²) in [5.74, 6) is 1.83. The predicted octanol–water partition coefficient (Wildman–Crippen LogP) is 3.23. The molecule has 0 aromatic rings. The van der Waals surface area contributed by atoms with E-state index in [0.29, 0.717) is 11.1 Å². The van der Waals surface area contributed by atoms with E-state index in [2.05, 4.69) is 61.1 Å². The number of piperazine rings is 1. The Morgan fingerprint density at radius 1 is 0.556 bits per heavy atom. The molecule has 3 fully saturated rings. The third kappa shape index (κ3) is 6.16. The Morgan fingerprint density at radius 3 is 1.59 bits per heavy atom. The lowest BCUT2D eigenvalue weighted by Gasteiger charge is -2.43. The molecule has 0 spiro atoms. The van der Waals surface area contributed by atoms with Gasteiger partial charge in [-0.15, -0.1) is 0 Å². The minimum Gasteiger partial charge on any atom is -0.303 e. The van der Waals surface area contributed by atoms with E-state index in [0.717, 1.165) is 11.8 Å². The lowest BCUT2D eigenvalue weighted by Crippen LogP contribution is -2.54. The minimum atomic E-state index is 0.332. The van der Waals surface area contributed by atoms with E-state index < -0.39 is 0 Å². The van der Waals surface area contributed by atoms with E-state index in [-0.39, 0.29) is 0 Å². The molecule has 0 aromatic carbocycles. The number of rotatable bonds is 4. The average molecular weight is 379 g/mol. The maximum Gasteiger partial charge on any atom is 0.0126 e. The fraction of sp³-hybridized carbons (Fsp3) is 1.00. The van der Waals surface area contributed by atoms with Crippen LogP contribution < -0.4 is 0 Å². The standard InChI is InChI=1S/C23H46N4/c1-22(2,3)26-11-8-20(9-12-26)17-25-10-7-21(19-25)18-24-13-15-27(16-14-24)23(4,5)6/h20-21H,7-19H2,1-6H3. The molecular formula is C23H46N4. The highest BCUT2D eigenvalue weighted by Gasteiger charge is 2.32. The maximum atomic E-state index is 2.79. The van der Waals surface area contributed by atoms with Gasteiger partial charge in [0.25, 0.3) is 0 Å². The molecule has 4 nitrogen and oxygen atoms in total. The van der Waals surface area contributed by atoms with Crippen molar-refractivity contribution in [3.63, 3.8) is 0 Å². The van der Waals surface area contributed by atoms with Gasteiger partial charge in [-0.2, -0.15) is 0 Å². The van der Waals surface area contributed by atoms with Gasteiger partial charge in [0, 0.05) is 56.9 Å². The van der Waals surface area contributed by atoms with Crippen LogP contribution >= 0.6 is 0 Å². The quantitative estimate of drug-likeness (QED) is 0.744. The second kappa shape index (κ2) is 8.69. The lowest BCUT2D eigenvalue weighted by molar-refractivity contribution is 0.0550. The number of piperidine rings is 1. The number of hydrogen-bond donors (Lipinski definition) is 0. The van der Waals surface area contributed by atoms with Crippen molar-refractivity contribution in [3.8, 4) is 0 Å². The van der Waals surface area contributed by atoms with Gasteiger partial charge in [0.1, 0.15) is 0 Å². The van der Waals surface area contributed by atoms with E-state index in [1.807, 2.05) is 0 Å². The summed E-state index contributed by atoms with van der Waals surface area (Å²) >= 11 is 0. The summed E-state index contributed by atoms with van der Waals surface area (Å²) in [6.07, 6.45) is 4.21. The molecule has 4 heteroatoms. The van der Waals surface area contributed by atoms with Gasteiger partial charge in [-0.1, -0.05) is 0 Å². The highest BCUT2D eigenvalue weighted by molar-refractivity contribution is 4.87. The average Bonchev–Trinajstić information content (AvgIpc) is 3.01. The van der Waals surface area contributed by atoms with Crippen molar-refractivity contribution in [1.82, 2.24) is 19.6 Å². The highest BCUT2D eigenvalue weighted by atomic mass is 15.3. The van der Waals surface area contributed by atoms with Crippen molar-refractivity contribution in [2.24, 2.45) is 11.8 Å². The van der Waals surface area contributed by atoms with Crippen LogP contribution in [0.25, 0.3) is 0 Å². The van der Waals surface area contributed by atoms with Crippen LogP contribution in [0.1, 0.15) is 60.8 Å². The molecule has 27 heavy (non-hydrogen) atoms. The number of likely N-dealkylation sites (tertiary alicyclic amines) is 2. The normalized spacial score (nSPS) is 28.9. The summed E-state index contributed by atoms with van der Waals surface area (Å²) in [7, 11) is 0. The molecule has 158 valence electrons. The largest absolute Gasteiger partial charge is 0.303 e. The van der Waals surface area contributed by atoms with Gasteiger partial charge in [0.05, 0.1) is 0 Å². The molecule has 3 heterocycles. The molecule has 0 aliphatic carbocycles. The monoisotopic (exact) mass is 378 g/mol. The summed E-state index contributed by atoms with van der Waals surface area (Å²) in [4.78, 5) is 10.8. The summed E-state index contributed by atoms with van der Waals surface area (Å²) in [5.41, 5.74) is 0.680. The van der Waals surface area contributed by atoms with Gasteiger partial charge in [-0.25, -0.2) is 0 Å². The smallest absolute Gasteiger partial charge is 0.0126 e. The molecule has 3 saturated heterocycles. The van der Waals surface area contributed by atoms with E-state index in [9.17, 15) is 0 Å². The molecule has 3 rings (SSSR count). The molecule has 0 bridgehead atoms. The van der Waals surface area contributed by atoms with Gasteiger partial charge in [0.2, 0.25) is 0 Å². The van der Waals surface area contributed by atoms with Crippen LogP contribution in [0.3, 0.4) is 0 Å². The van der Waals surface area contributed by atoms with Gasteiger partial charge in [-0.05, 0) is 92.3 Å². The summed E-state index contributed by atoms with van der Waals surface area (Å²) in [5, 5.41) is 0. The zero-order valence-corrected chi connectivity index (χ0v) is 19.1. The minimum absolute atomic E-state index is 0.332. The van der Waals surface area contributed by atoms with E-state index in [4.69, 9.17) is 0 Å². The van der Waals surface area contributed by atoms with Crippen molar-refractivity contribution in [2.45, 2.75) is 71.9 Å². The molecule has 1 atom stereocenters. The Kier molecular flexibility index (Phi) is 6.93. The van der Waals surface area contributed by atoms with Gasteiger partial charge < -0.3 is 9.80 Å². The Morgan fingerprint density at radius 2 is 1.04 bits per heavy atom. The Hall–Kier alpha value is -0.160. The van der Waals surface area contributed by atoms with Crippen LogP contribution in [0.2, 0.25) is 0 Å². The fourth-order valence-corrected chi connectivity index (χ4v) is 5.35. The maximum absolute atomic E-state index is 2.79. The van der Waals surface area contributed by atoms with Crippen LogP contribution in [0.4, 0.5) is 0 Å². The molecule has 0 N–H and O–H groups in total. The van der Waals surface area contributed by atoms with E-state index >= 15 is 0 Å². The van der Waals surface area contributed by atoms with Crippen molar-refractivity contribution < 1.29 is 0 Å². The molecular weight excluding hydrogens is 332 g/mol. The predicted molar refractivity (Wildman–Crippen MR) is 116 cm³/mol. The summed E-state index contributed by atoms with van der Waals surface area (Å²) in [6.45, 7) is 27.1. The van der Waals surface area contributed by atoms with E-state index in [1.165, 1.54) is 84.7 Å². The number of hydrogen-bond acceptors (Lipinski definition) is 4. The Bertz CT molecular complexity index is 406. The molecule has 0 amide bonds. The van der Waals surface area contributed by atoms with Crippen LogP contribution in [0, 0.1) is 11.8 Å². The highest BCUT2D eigenvalue weighted by Crippen LogP contribution is 2.27. The number of nitrogens with zero attached hydrogens (tertiary/aromatic N) is 4. The van der Waals surface area contributed by atoms with Gasteiger partial charge >= 0.3 is 0 Å². The summed E-state index contributed by atoms with van der Waals surface area (Å²) in [6, 6.07) is 0. The molecule has 3 aliphatic heterocycles. The first kappa shape index (κ1) is 21.5. The molecule has 0 saturated carbocycles. The Labute approximate surface area is 169 Å². The Balaban J connectivity index is 1.34. The van der Waals surface area contributed by atoms with Crippen LogP contribution in [0.15, 0.2) is 0 Å². The topological polar surface area (TPSA) is 13.0 Å². The van der Waals surface area contributed by atoms with Crippen LogP contribution in [-0.4, -0.2) is 96.1 Å². The van der Waals surface area contributed by atoms with Crippen molar-refractivity contribution in [1.29, 1.82) is 0 Å². The van der Waals surface area contributed by atoms with Crippen molar-refractivity contribution in [3.05, 3.63) is 0 Å². The molecule has 3 aliphatic rings. The van der Waals surface area contributed by atoms with Gasteiger partial charge in [-0.3, -0.25) is 9.80 Å². The zero-order valence-electron chi connectivity index (χ0n) is 19.1. The lowest BCUT2D eigenvalue weighted by atomic mass is 9.92. The molecule has 0 aromatic heterocycles. The second-order valence-electron chi connectivity index (χ2n) is 11.5. The first-order valence-corrected chi connectivity index (χ1v) is 11.6. The van der Waals surface area contributed by atoms with Crippen LogP contribution in [0.5, 0.6) is 0 Å². The fourth-order valence-electron chi connectivity index (χ4n) is 5.35. The van der Waals surface area contributed by atoms with Crippen molar-refractivity contribution >= 4 is 0 Å². The summed E-state index contributed by atoms with van der Waals surface area (Å²) < 4.78 is 0. The molecule has 0 radical (unpaired) electrons. The van der Waals surface area contributed by atoms with Crippen LogP contribution in [-0.2, 0) is 0 Å². The van der Waals surface area contributed by atoms with Crippen molar-refractivity contribution in [2.75, 3.05) is 65.4 Å². The SMILES string of the molecule is CC(C)(C)N1CCC(CN2CCC(CN3CCN(C(C)(C)C)CC3)C2)CC1. The molecule has 1 unspecified atom stereocenters. The van der Waals surface area contributed by atoms with Gasteiger partial charge in [0.15, 0.2) is 0 Å². The zero-order chi connectivity index (χ0) is 19.7. The first-order chi connectivity index (χ1) is 12.6. The first-order valence-electron chi connectivity index (χ1n) is 11.6. The third-order valence-electron chi connectivity index (χ3n) is 7.29. The third-order valence-corrected chi connectivity index (χ3v) is 7.29. The van der Waals surface area contributed by atoms with E-state index in [1.54, 1.807) is 0 Å².